The van der Waals surface area contributed by atoms with Crippen molar-refractivity contribution in [1.82, 2.24) is 19.9 Å². The Kier molecular flexibility index (Phi) is 6.81. The Hall–Kier alpha value is -4.37. The van der Waals surface area contributed by atoms with Crippen LogP contribution in [0.3, 0.4) is 0 Å². The maximum absolute atomic E-state index is 13.7. The van der Waals surface area contributed by atoms with Gasteiger partial charge in [-0.2, -0.15) is 0 Å². The highest BCUT2D eigenvalue weighted by Gasteiger charge is 2.39. The number of nitrogens with zero attached hydrogens (tertiary/aromatic N) is 5. The van der Waals surface area contributed by atoms with Crippen LogP contribution in [0, 0.1) is 0 Å². The van der Waals surface area contributed by atoms with Gasteiger partial charge in [0, 0.05) is 30.8 Å². The van der Waals surface area contributed by atoms with Crippen LogP contribution in [-0.2, 0) is 11.3 Å². The molecule has 182 valence electrons. The first-order chi connectivity index (χ1) is 17.7. The van der Waals surface area contributed by atoms with E-state index in [-0.39, 0.29) is 11.9 Å². The minimum absolute atomic E-state index is 0.183. The van der Waals surface area contributed by atoms with Crippen molar-refractivity contribution in [3.05, 3.63) is 89.9 Å². The van der Waals surface area contributed by atoms with Gasteiger partial charge in [-0.1, -0.05) is 30.3 Å². The van der Waals surface area contributed by atoms with Gasteiger partial charge in [0.15, 0.2) is 23.1 Å². The maximum Gasteiger partial charge on any atom is 0.260 e. The third kappa shape index (κ3) is 4.60. The van der Waals surface area contributed by atoms with Crippen LogP contribution in [0.1, 0.15) is 33.9 Å². The lowest BCUT2D eigenvalue weighted by molar-refractivity contribution is 0.0967. The second-order valence-corrected chi connectivity index (χ2v) is 8.12. The molecule has 9 nitrogen and oxygen atoms in total. The summed E-state index contributed by atoms with van der Waals surface area (Å²) in [5.74, 6) is 2.05. The minimum Gasteiger partial charge on any atom is -0.493 e. The normalized spacial score (nSPS) is 14.6. The molecule has 0 bridgehead atoms. The predicted molar refractivity (Wildman–Crippen MR) is 133 cm³/mol. The van der Waals surface area contributed by atoms with E-state index in [1.807, 2.05) is 36.4 Å². The molecule has 9 heteroatoms. The molecule has 1 aliphatic rings. The largest absolute Gasteiger partial charge is 0.493 e. The third-order valence-corrected chi connectivity index (χ3v) is 5.98. The summed E-state index contributed by atoms with van der Waals surface area (Å²) in [6.45, 7) is 0.931. The Bertz CT molecular complexity index is 1350. The second kappa shape index (κ2) is 10.5. The van der Waals surface area contributed by atoms with E-state index in [1.54, 1.807) is 55.9 Å². The summed E-state index contributed by atoms with van der Waals surface area (Å²) in [4.78, 5) is 32.8. The van der Waals surface area contributed by atoms with Crippen LogP contribution in [0.4, 0.5) is 5.82 Å². The minimum atomic E-state index is -0.317. The topological polar surface area (TPSA) is 99.6 Å². The summed E-state index contributed by atoms with van der Waals surface area (Å²) in [5, 5.41) is 0. The molecule has 0 saturated heterocycles. The first-order valence-electron chi connectivity index (χ1n) is 11.5. The first-order valence-corrected chi connectivity index (χ1v) is 11.5. The molecular formula is C27H25N5O4. The highest BCUT2D eigenvalue weighted by Crippen LogP contribution is 2.43. The molecule has 0 spiro atoms. The zero-order valence-electron chi connectivity index (χ0n) is 20.0. The lowest BCUT2D eigenvalue weighted by atomic mass is 10.0. The van der Waals surface area contributed by atoms with Gasteiger partial charge in [0.05, 0.1) is 26.9 Å². The lowest BCUT2D eigenvalue weighted by Gasteiger charge is -2.25. The summed E-state index contributed by atoms with van der Waals surface area (Å²) in [6, 6.07) is 16.7. The number of fused-ring (bicyclic) bond motifs is 1. The molecule has 0 saturated carbocycles. The molecule has 1 atom stereocenters. The van der Waals surface area contributed by atoms with E-state index in [4.69, 9.17) is 14.2 Å². The number of amides is 1. The van der Waals surface area contributed by atoms with Crippen molar-refractivity contribution in [2.75, 3.05) is 25.7 Å². The van der Waals surface area contributed by atoms with Crippen molar-refractivity contribution in [1.29, 1.82) is 0 Å². The zero-order chi connectivity index (χ0) is 24.9. The van der Waals surface area contributed by atoms with Gasteiger partial charge in [-0.05, 0) is 41.8 Å². The Morgan fingerprint density at radius 3 is 2.33 bits per heavy atom. The summed E-state index contributed by atoms with van der Waals surface area (Å²) >= 11 is 0. The molecule has 4 aromatic rings. The third-order valence-electron chi connectivity index (χ3n) is 5.98. The van der Waals surface area contributed by atoms with Gasteiger partial charge in [0.1, 0.15) is 5.82 Å². The molecule has 3 heterocycles. The van der Waals surface area contributed by atoms with Crippen LogP contribution in [0.25, 0.3) is 11.6 Å². The van der Waals surface area contributed by atoms with Gasteiger partial charge in [-0.25, -0.2) is 19.9 Å². The van der Waals surface area contributed by atoms with Crippen LogP contribution in [0.2, 0.25) is 0 Å². The Labute approximate surface area is 208 Å². The smallest absolute Gasteiger partial charge is 0.260 e. The molecule has 1 amide bonds. The fourth-order valence-electron chi connectivity index (χ4n) is 4.28. The number of hydrogen-bond acceptors (Lipinski definition) is 8. The average molecular weight is 484 g/mol. The predicted octanol–water partition coefficient (Wildman–Crippen LogP) is 4.26. The molecule has 0 fully saturated rings. The van der Waals surface area contributed by atoms with E-state index >= 15 is 0 Å². The molecule has 0 N–H and O–H groups in total. The van der Waals surface area contributed by atoms with E-state index in [1.165, 1.54) is 0 Å². The number of ether oxygens (including phenoxy) is 3. The number of aromatic nitrogens is 4. The van der Waals surface area contributed by atoms with Gasteiger partial charge in [-0.15, -0.1) is 0 Å². The summed E-state index contributed by atoms with van der Waals surface area (Å²) < 4.78 is 16.9. The quantitative estimate of drug-likeness (QED) is 0.326. The number of rotatable bonds is 9. The first kappa shape index (κ1) is 23.4. The Balaban J connectivity index is 1.47. The van der Waals surface area contributed by atoms with Gasteiger partial charge < -0.3 is 14.2 Å². The Morgan fingerprint density at radius 2 is 1.58 bits per heavy atom. The SMILES string of the molecule is COc1cc2c(cc1OC)C(CCOCc1ccccc1)N(c1ccnc(-c3ncccn3)n1)C2=O. The molecule has 5 rings (SSSR count). The van der Waals surface area contributed by atoms with Crippen molar-refractivity contribution in [2.45, 2.75) is 19.1 Å². The Morgan fingerprint density at radius 1 is 0.861 bits per heavy atom. The average Bonchev–Trinajstić information content (AvgIpc) is 3.21. The number of carbonyl (C=O) groups excluding carboxylic acids is 1. The van der Waals surface area contributed by atoms with Crippen LogP contribution < -0.4 is 14.4 Å². The fourth-order valence-corrected chi connectivity index (χ4v) is 4.28. The number of methoxy groups -OCH3 is 2. The van der Waals surface area contributed by atoms with E-state index in [0.717, 1.165) is 11.1 Å². The molecule has 36 heavy (non-hydrogen) atoms. The molecule has 0 aliphatic carbocycles. The van der Waals surface area contributed by atoms with Gasteiger partial charge >= 0.3 is 0 Å². The van der Waals surface area contributed by atoms with Crippen molar-refractivity contribution >= 4 is 11.7 Å². The maximum atomic E-state index is 13.7. The van der Waals surface area contributed by atoms with Gasteiger partial charge in [0.25, 0.3) is 5.91 Å². The summed E-state index contributed by atoms with van der Waals surface area (Å²) in [5.41, 5.74) is 2.46. The van der Waals surface area contributed by atoms with Crippen molar-refractivity contribution in [3.8, 4) is 23.1 Å². The van der Waals surface area contributed by atoms with E-state index in [0.29, 0.717) is 54.2 Å². The zero-order valence-corrected chi connectivity index (χ0v) is 20.0. The van der Waals surface area contributed by atoms with Crippen LogP contribution in [0.5, 0.6) is 11.5 Å². The van der Waals surface area contributed by atoms with Gasteiger partial charge in [-0.3, -0.25) is 9.69 Å². The molecule has 2 aromatic heterocycles. The summed E-state index contributed by atoms with van der Waals surface area (Å²) in [6.07, 6.45) is 5.41. The molecule has 0 radical (unpaired) electrons. The molecule has 1 unspecified atom stereocenters. The highest BCUT2D eigenvalue weighted by molar-refractivity contribution is 6.11. The van der Waals surface area contributed by atoms with E-state index < -0.39 is 0 Å². The van der Waals surface area contributed by atoms with E-state index in [9.17, 15) is 4.79 Å². The van der Waals surface area contributed by atoms with Crippen molar-refractivity contribution in [3.63, 3.8) is 0 Å². The lowest BCUT2D eigenvalue weighted by Crippen LogP contribution is -2.29. The fraction of sp³-hybridized carbons (Fsp3) is 0.222. The number of hydrogen-bond donors (Lipinski definition) is 0. The molecular weight excluding hydrogens is 458 g/mol. The van der Waals surface area contributed by atoms with Gasteiger partial charge in [0.2, 0.25) is 0 Å². The number of benzene rings is 2. The highest BCUT2D eigenvalue weighted by atomic mass is 16.5. The number of anilines is 1. The van der Waals surface area contributed by atoms with E-state index in [2.05, 4.69) is 19.9 Å². The number of carbonyl (C=O) groups is 1. The molecule has 1 aliphatic heterocycles. The monoisotopic (exact) mass is 483 g/mol. The van der Waals surface area contributed by atoms with Crippen molar-refractivity contribution in [2.24, 2.45) is 0 Å². The standard InChI is InChI=1S/C27H25N5O4/c1-34-22-15-19-20(16-23(22)35-2)27(33)32(21(19)10-14-36-17-18-7-4-3-5-8-18)24-9-13-30-26(31-24)25-28-11-6-12-29-25/h3-9,11-13,15-16,21H,10,14,17H2,1-2H3. The van der Waals surface area contributed by atoms with Crippen LogP contribution in [0.15, 0.2) is 73.2 Å². The second-order valence-electron chi connectivity index (χ2n) is 8.12. The van der Waals surface area contributed by atoms with Crippen molar-refractivity contribution < 1.29 is 19.0 Å². The van der Waals surface area contributed by atoms with Crippen LogP contribution >= 0.6 is 0 Å². The summed E-state index contributed by atoms with van der Waals surface area (Å²) in [7, 11) is 3.13. The molecule has 2 aromatic carbocycles. The van der Waals surface area contributed by atoms with Crippen LogP contribution in [-0.4, -0.2) is 46.7 Å².